The van der Waals surface area contributed by atoms with Gasteiger partial charge in [0, 0.05) is 11.4 Å². The molecule has 0 saturated carbocycles. The largest absolute Gasteiger partial charge is 0.379 e. The highest BCUT2D eigenvalue weighted by Gasteiger charge is 2.39. The van der Waals surface area contributed by atoms with E-state index in [0.717, 1.165) is 5.75 Å². The van der Waals surface area contributed by atoms with Crippen molar-refractivity contribution < 1.29 is 14.3 Å². The van der Waals surface area contributed by atoms with E-state index in [0.29, 0.717) is 17.9 Å². The van der Waals surface area contributed by atoms with Crippen molar-refractivity contribution in [2.24, 2.45) is 0 Å². The lowest BCUT2D eigenvalue weighted by atomic mass is 10.0. The number of hydrogen-bond acceptors (Lipinski definition) is 3. The molecule has 16 heavy (non-hydrogen) atoms. The van der Waals surface area contributed by atoms with Crippen LogP contribution >= 0.6 is 11.8 Å². The molecule has 0 radical (unpaired) electrons. The van der Waals surface area contributed by atoms with Crippen molar-refractivity contribution in [3.63, 3.8) is 0 Å². The average molecular weight is 241 g/mol. The minimum Gasteiger partial charge on any atom is -0.379 e. The van der Waals surface area contributed by atoms with Crippen molar-refractivity contribution in [3.8, 4) is 0 Å². The molecule has 1 aliphatic heterocycles. The Morgan fingerprint density at radius 2 is 2.12 bits per heavy atom. The van der Waals surface area contributed by atoms with E-state index in [-0.39, 0.29) is 5.82 Å². The Balaban J connectivity index is 2.04. The summed E-state index contributed by atoms with van der Waals surface area (Å²) in [6.45, 7) is 0. The van der Waals surface area contributed by atoms with Gasteiger partial charge in [-0.1, -0.05) is 0 Å². The topological polar surface area (TPSA) is 49.3 Å². The number of halogens is 1. The third kappa shape index (κ3) is 2.36. The van der Waals surface area contributed by atoms with Crippen molar-refractivity contribution in [1.82, 2.24) is 0 Å². The first kappa shape index (κ1) is 11.4. The van der Waals surface area contributed by atoms with Crippen LogP contribution in [-0.2, 0) is 4.79 Å². The van der Waals surface area contributed by atoms with Gasteiger partial charge in [-0.05, 0) is 36.4 Å². The molecule has 86 valence electrons. The third-order valence-electron chi connectivity index (χ3n) is 2.53. The molecule has 1 atom stereocenters. The third-order valence-corrected chi connectivity index (χ3v) is 3.70. The van der Waals surface area contributed by atoms with Crippen molar-refractivity contribution in [2.45, 2.75) is 12.0 Å². The number of benzene rings is 1. The number of aliphatic hydroxyl groups is 1. The summed E-state index contributed by atoms with van der Waals surface area (Å²) in [7, 11) is 0. The molecular weight excluding hydrogens is 229 g/mol. The Bertz CT molecular complexity index is 387. The summed E-state index contributed by atoms with van der Waals surface area (Å²) in [5, 5.41) is 12.6. The molecule has 1 saturated heterocycles. The number of nitrogens with one attached hydrogen (secondary N) is 1. The first-order valence-electron chi connectivity index (χ1n) is 4.97. The van der Waals surface area contributed by atoms with Gasteiger partial charge in [-0.25, -0.2) is 4.39 Å². The maximum atomic E-state index is 12.6. The molecule has 1 amide bonds. The Morgan fingerprint density at radius 3 is 2.69 bits per heavy atom. The predicted molar refractivity (Wildman–Crippen MR) is 61.9 cm³/mol. The number of amides is 1. The fourth-order valence-electron chi connectivity index (χ4n) is 1.51. The van der Waals surface area contributed by atoms with Crippen LogP contribution < -0.4 is 5.32 Å². The molecule has 3 nitrogen and oxygen atoms in total. The lowest BCUT2D eigenvalue weighted by Gasteiger charge is -2.20. The van der Waals surface area contributed by atoms with Gasteiger partial charge in [0.2, 0.25) is 0 Å². The van der Waals surface area contributed by atoms with Crippen molar-refractivity contribution in [3.05, 3.63) is 30.1 Å². The highest BCUT2D eigenvalue weighted by Crippen LogP contribution is 2.28. The monoisotopic (exact) mass is 241 g/mol. The molecular formula is C11H12FNO2S. The van der Waals surface area contributed by atoms with Crippen LogP contribution in [0.1, 0.15) is 6.42 Å². The smallest absolute Gasteiger partial charge is 0.257 e. The molecule has 0 aliphatic carbocycles. The first-order chi connectivity index (χ1) is 7.60. The van der Waals surface area contributed by atoms with E-state index in [1.807, 2.05) is 0 Å². The number of hydrogen-bond donors (Lipinski definition) is 2. The molecule has 0 aromatic heterocycles. The molecule has 0 spiro atoms. The van der Waals surface area contributed by atoms with Gasteiger partial charge in [-0.3, -0.25) is 4.79 Å². The highest BCUT2D eigenvalue weighted by atomic mass is 32.2. The second kappa shape index (κ2) is 4.43. The van der Waals surface area contributed by atoms with E-state index in [1.54, 1.807) is 11.8 Å². The van der Waals surface area contributed by atoms with Crippen LogP contribution in [0.4, 0.5) is 10.1 Å². The van der Waals surface area contributed by atoms with E-state index in [2.05, 4.69) is 5.32 Å². The molecule has 2 rings (SSSR count). The van der Waals surface area contributed by atoms with Crippen LogP contribution in [0.3, 0.4) is 0 Å². The molecule has 1 aliphatic rings. The standard InChI is InChI=1S/C11H12FNO2S/c12-8-1-3-9(4-2-8)13-10(14)11(15)5-6-16-7-11/h1-4,15H,5-7H2,(H,13,14). The number of carbonyl (C=O) groups is 1. The van der Waals surface area contributed by atoms with Gasteiger partial charge in [0.15, 0.2) is 5.60 Å². The summed E-state index contributed by atoms with van der Waals surface area (Å²) in [4.78, 5) is 11.8. The molecule has 1 aromatic carbocycles. The second-order valence-electron chi connectivity index (χ2n) is 3.80. The van der Waals surface area contributed by atoms with Gasteiger partial charge in [-0.15, -0.1) is 0 Å². The SMILES string of the molecule is O=C(Nc1ccc(F)cc1)C1(O)CCSC1. The van der Waals surface area contributed by atoms with E-state index in [4.69, 9.17) is 0 Å². The van der Waals surface area contributed by atoms with Crippen LogP contribution in [0.2, 0.25) is 0 Å². The predicted octanol–water partition coefficient (Wildman–Crippen LogP) is 1.63. The molecule has 1 unspecified atom stereocenters. The van der Waals surface area contributed by atoms with Crippen molar-refractivity contribution >= 4 is 23.4 Å². The summed E-state index contributed by atoms with van der Waals surface area (Å²) in [5.74, 6) is 0.435. The first-order valence-corrected chi connectivity index (χ1v) is 6.13. The quantitative estimate of drug-likeness (QED) is 0.827. The summed E-state index contributed by atoms with van der Waals surface area (Å²) < 4.78 is 12.6. The summed E-state index contributed by atoms with van der Waals surface area (Å²) in [5.41, 5.74) is -0.782. The van der Waals surface area contributed by atoms with Gasteiger partial charge in [0.25, 0.3) is 5.91 Å². The minimum absolute atomic E-state index is 0.354. The van der Waals surface area contributed by atoms with E-state index in [9.17, 15) is 14.3 Å². The maximum absolute atomic E-state index is 12.6. The highest BCUT2D eigenvalue weighted by molar-refractivity contribution is 7.99. The minimum atomic E-state index is -1.28. The number of carbonyl (C=O) groups excluding carboxylic acids is 1. The maximum Gasteiger partial charge on any atom is 0.257 e. The summed E-state index contributed by atoms with van der Waals surface area (Å²) >= 11 is 1.55. The zero-order chi connectivity index (χ0) is 11.6. The van der Waals surface area contributed by atoms with Crippen molar-refractivity contribution in [2.75, 3.05) is 16.8 Å². The molecule has 1 fully saturated rings. The Labute approximate surface area is 97.0 Å². The fraction of sp³-hybridized carbons (Fsp3) is 0.364. The van der Waals surface area contributed by atoms with Crippen molar-refractivity contribution in [1.29, 1.82) is 0 Å². The number of rotatable bonds is 2. The average Bonchev–Trinajstić information content (AvgIpc) is 2.70. The van der Waals surface area contributed by atoms with Crippen LogP contribution in [0.5, 0.6) is 0 Å². The van der Waals surface area contributed by atoms with Gasteiger partial charge < -0.3 is 10.4 Å². The molecule has 5 heteroatoms. The lowest BCUT2D eigenvalue weighted by molar-refractivity contribution is -0.131. The van der Waals surface area contributed by atoms with Crippen LogP contribution in [-0.4, -0.2) is 28.1 Å². The molecule has 1 heterocycles. The fourth-order valence-corrected chi connectivity index (χ4v) is 2.75. The summed E-state index contributed by atoms with van der Waals surface area (Å²) in [6, 6.07) is 5.48. The molecule has 1 aromatic rings. The number of thioether (sulfide) groups is 1. The number of anilines is 1. The van der Waals surface area contributed by atoms with E-state index >= 15 is 0 Å². The zero-order valence-electron chi connectivity index (χ0n) is 8.57. The summed E-state index contributed by atoms with van der Waals surface area (Å²) in [6.07, 6.45) is 0.463. The molecule has 2 N–H and O–H groups in total. The zero-order valence-corrected chi connectivity index (χ0v) is 9.39. The van der Waals surface area contributed by atoms with Crippen LogP contribution in [0.25, 0.3) is 0 Å². The Hall–Kier alpha value is -1.07. The lowest BCUT2D eigenvalue weighted by Crippen LogP contribution is -2.42. The van der Waals surface area contributed by atoms with Gasteiger partial charge in [0.1, 0.15) is 5.82 Å². The van der Waals surface area contributed by atoms with E-state index in [1.165, 1.54) is 24.3 Å². The Morgan fingerprint density at radius 1 is 1.44 bits per heavy atom. The van der Waals surface area contributed by atoms with Crippen LogP contribution in [0.15, 0.2) is 24.3 Å². The van der Waals surface area contributed by atoms with Gasteiger partial charge in [-0.2, -0.15) is 11.8 Å². The van der Waals surface area contributed by atoms with Gasteiger partial charge >= 0.3 is 0 Å². The normalized spacial score (nSPS) is 24.4. The van der Waals surface area contributed by atoms with E-state index < -0.39 is 11.5 Å². The second-order valence-corrected chi connectivity index (χ2v) is 4.90. The molecule has 0 bridgehead atoms. The van der Waals surface area contributed by atoms with Gasteiger partial charge in [0.05, 0.1) is 0 Å². The van der Waals surface area contributed by atoms with Crippen LogP contribution in [0, 0.1) is 5.82 Å². The Kier molecular flexibility index (Phi) is 3.16.